The average Bonchev–Trinajstić information content (AvgIpc) is 3.12. The number of hydrogen-bond acceptors (Lipinski definition) is 5. The number of hydrogen-bond donors (Lipinski definition) is 1. The Hall–Kier alpha value is -2.74. The zero-order valence-electron chi connectivity index (χ0n) is 14.5. The lowest BCUT2D eigenvalue weighted by Crippen LogP contribution is -2.32. The van der Waals surface area contributed by atoms with E-state index in [1.807, 2.05) is 28.8 Å². The second kappa shape index (κ2) is 5.91. The first-order chi connectivity index (χ1) is 12.7. The first-order valence-corrected chi connectivity index (χ1v) is 8.92. The number of H-pyrrole nitrogens is 1. The molecule has 0 unspecified atom stereocenters. The number of nitrogens with zero attached hydrogens (tertiary/aromatic N) is 5. The number of carbonyl (C=O) groups excluding carboxylic acids is 1. The van der Waals surface area contributed by atoms with Crippen molar-refractivity contribution >= 4 is 11.6 Å². The summed E-state index contributed by atoms with van der Waals surface area (Å²) < 4.78 is 7.38. The highest BCUT2D eigenvalue weighted by Gasteiger charge is 2.40. The number of pyridine rings is 1. The van der Waals surface area contributed by atoms with Crippen LogP contribution in [-0.4, -0.2) is 55.1 Å². The van der Waals surface area contributed by atoms with Crippen LogP contribution >= 0.6 is 0 Å². The molecule has 3 aromatic heterocycles. The van der Waals surface area contributed by atoms with E-state index in [9.17, 15) is 4.79 Å². The number of nitrogens with one attached hydrogen (secondary N) is 1. The lowest BCUT2D eigenvalue weighted by atomic mass is 10.2. The van der Waals surface area contributed by atoms with E-state index in [2.05, 4.69) is 20.2 Å². The van der Waals surface area contributed by atoms with Gasteiger partial charge in [0.2, 0.25) is 0 Å². The minimum absolute atomic E-state index is 0.0181. The molecule has 4 heterocycles. The van der Waals surface area contributed by atoms with E-state index in [1.54, 1.807) is 18.2 Å². The molecule has 0 aromatic carbocycles. The number of rotatable bonds is 4. The zero-order valence-corrected chi connectivity index (χ0v) is 14.5. The number of amides is 1. The number of imidazole rings is 1. The summed E-state index contributed by atoms with van der Waals surface area (Å²) in [5.41, 5.74) is 1.19. The van der Waals surface area contributed by atoms with E-state index >= 15 is 0 Å². The van der Waals surface area contributed by atoms with Gasteiger partial charge in [-0.05, 0) is 25.0 Å². The third kappa shape index (κ3) is 2.57. The lowest BCUT2D eigenvalue weighted by molar-refractivity contribution is 0.0679. The van der Waals surface area contributed by atoms with Crippen LogP contribution in [0.1, 0.15) is 53.4 Å². The van der Waals surface area contributed by atoms with E-state index in [-0.39, 0.29) is 18.1 Å². The van der Waals surface area contributed by atoms with Gasteiger partial charge in [-0.1, -0.05) is 6.07 Å². The number of fused-ring (bicyclic) bond motifs is 1. The van der Waals surface area contributed by atoms with Gasteiger partial charge in [-0.3, -0.25) is 9.89 Å². The summed E-state index contributed by atoms with van der Waals surface area (Å²) in [5.74, 6) is 1.97. The molecule has 1 aliphatic heterocycles. The monoisotopic (exact) mass is 352 g/mol. The summed E-state index contributed by atoms with van der Waals surface area (Å²) >= 11 is 0. The number of ether oxygens (including phenoxy) is 1. The highest BCUT2D eigenvalue weighted by molar-refractivity contribution is 5.93. The molecule has 3 aromatic rings. The Bertz CT molecular complexity index is 926. The molecule has 26 heavy (non-hydrogen) atoms. The Morgan fingerprint density at radius 1 is 1.31 bits per heavy atom. The van der Waals surface area contributed by atoms with Gasteiger partial charge in [-0.15, -0.1) is 0 Å². The molecule has 1 N–H and O–H groups in total. The molecule has 1 saturated carbocycles. The van der Waals surface area contributed by atoms with Crippen molar-refractivity contribution in [2.24, 2.45) is 0 Å². The summed E-state index contributed by atoms with van der Waals surface area (Å²) in [5, 5.41) is 7.38. The Labute approximate surface area is 150 Å². The maximum atomic E-state index is 13.1. The van der Waals surface area contributed by atoms with Gasteiger partial charge in [0.1, 0.15) is 17.2 Å². The Morgan fingerprint density at radius 3 is 2.96 bits per heavy atom. The number of methoxy groups -OCH3 is 1. The van der Waals surface area contributed by atoms with E-state index in [4.69, 9.17) is 4.74 Å². The lowest BCUT2D eigenvalue weighted by Gasteiger charge is -2.21. The molecule has 0 spiro atoms. The fourth-order valence-electron chi connectivity index (χ4n) is 3.60. The number of likely N-dealkylation sites (tertiary alicyclic amines) is 1. The molecule has 0 bridgehead atoms. The van der Waals surface area contributed by atoms with Crippen LogP contribution in [0.5, 0.6) is 0 Å². The second-order valence-electron chi connectivity index (χ2n) is 7.01. The molecule has 5 rings (SSSR count). The minimum Gasteiger partial charge on any atom is -0.380 e. The molecule has 2 atom stereocenters. The summed E-state index contributed by atoms with van der Waals surface area (Å²) in [4.78, 5) is 24.1. The van der Waals surface area contributed by atoms with Gasteiger partial charge >= 0.3 is 0 Å². The molecule has 1 amide bonds. The maximum absolute atomic E-state index is 13.1. The van der Waals surface area contributed by atoms with Gasteiger partial charge in [0.05, 0.1) is 12.1 Å². The molecular formula is C18H20N6O2. The van der Waals surface area contributed by atoms with E-state index in [0.29, 0.717) is 24.6 Å². The fourth-order valence-corrected chi connectivity index (χ4v) is 3.60. The molecule has 2 aliphatic rings. The van der Waals surface area contributed by atoms with Crippen molar-refractivity contribution < 1.29 is 9.53 Å². The molecule has 8 heteroatoms. The molecule has 134 valence electrons. The first-order valence-electron chi connectivity index (χ1n) is 8.92. The van der Waals surface area contributed by atoms with Crippen LogP contribution < -0.4 is 0 Å². The van der Waals surface area contributed by atoms with Gasteiger partial charge < -0.3 is 14.0 Å². The Balaban J connectivity index is 1.46. The number of carbonyl (C=O) groups is 1. The Morgan fingerprint density at radius 2 is 2.19 bits per heavy atom. The van der Waals surface area contributed by atoms with Crippen LogP contribution in [-0.2, 0) is 4.74 Å². The van der Waals surface area contributed by atoms with Gasteiger partial charge in [-0.2, -0.15) is 5.10 Å². The standard InChI is InChI=1S/C18H20N6O2/c1-26-12-8-14(17-20-16(21-22-17)11-5-6-11)24(9-12)18(25)13-10-23-7-3-2-4-15(23)19-13/h2-4,7,10-12,14H,5-6,8-9H2,1H3,(H,20,21,22)/t12-,14+/m1/s1. The predicted molar refractivity (Wildman–Crippen MR) is 92.7 cm³/mol. The minimum atomic E-state index is -0.169. The van der Waals surface area contributed by atoms with Crippen LogP contribution in [0.2, 0.25) is 0 Å². The van der Waals surface area contributed by atoms with Crippen molar-refractivity contribution in [2.75, 3.05) is 13.7 Å². The third-order valence-corrected chi connectivity index (χ3v) is 5.22. The number of aromatic nitrogens is 5. The van der Waals surface area contributed by atoms with Crippen LogP contribution in [0, 0.1) is 0 Å². The van der Waals surface area contributed by atoms with E-state index < -0.39 is 0 Å². The smallest absolute Gasteiger partial charge is 0.274 e. The molecule has 1 saturated heterocycles. The molecular weight excluding hydrogens is 332 g/mol. The van der Waals surface area contributed by atoms with Crippen LogP contribution in [0.15, 0.2) is 30.6 Å². The topological polar surface area (TPSA) is 88.4 Å². The van der Waals surface area contributed by atoms with Crippen molar-refractivity contribution in [3.63, 3.8) is 0 Å². The quantitative estimate of drug-likeness (QED) is 0.775. The van der Waals surface area contributed by atoms with Gasteiger partial charge in [0.25, 0.3) is 5.91 Å². The van der Waals surface area contributed by atoms with E-state index in [1.165, 1.54) is 0 Å². The van der Waals surface area contributed by atoms with Gasteiger partial charge in [-0.25, -0.2) is 9.97 Å². The Kier molecular flexibility index (Phi) is 3.53. The normalized spacial score (nSPS) is 23.0. The highest BCUT2D eigenvalue weighted by Crippen LogP contribution is 2.39. The van der Waals surface area contributed by atoms with Crippen LogP contribution in [0.4, 0.5) is 0 Å². The maximum Gasteiger partial charge on any atom is 0.274 e. The molecule has 8 nitrogen and oxygen atoms in total. The SMILES string of the molecule is CO[C@@H]1C[C@@H](c2nc(C3CC3)n[nH]2)N(C(=O)c2cn3ccccc3n2)C1. The largest absolute Gasteiger partial charge is 0.380 e. The van der Waals surface area contributed by atoms with Gasteiger partial charge in [0, 0.05) is 38.4 Å². The molecule has 0 radical (unpaired) electrons. The van der Waals surface area contributed by atoms with E-state index in [0.717, 1.165) is 30.1 Å². The van der Waals surface area contributed by atoms with Crippen molar-refractivity contribution in [3.8, 4) is 0 Å². The predicted octanol–water partition coefficient (Wildman–Crippen LogP) is 1.93. The van der Waals surface area contributed by atoms with Crippen molar-refractivity contribution in [1.82, 2.24) is 29.5 Å². The zero-order chi connectivity index (χ0) is 17.7. The molecule has 1 aliphatic carbocycles. The van der Waals surface area contributed by atoms with Crippen molar-refractivity contribution in [2.45, 2.75) is 37.3 Å². The summed E-state index contributed by atoms with van der Waals surface area (Å²) in [7, 11) is 1.68. The first kappa shape index (κ1) is 15.5. The summed E-state index contributed by atoms with van der Waals surface area (Å²) in [6.07, 6.45) is 6.63. The highest BCUT2D eigenvalue weighted by atomic mass is 16.5. The fraction of sp³-hybridized carbons (Fsp3) is 0.444. The molecule has 2 fully saturated rings. The van der Waals surface area contributed by atoms with Crippen LogP contribution in [0.25, 0.3) is 5.65 Å². The summed E-state index contributed by atoms with van der Waals surface area (Å²) in [6.45, 7) is 0.521. The average molecular weight is 352 g/mol. The second-order valence-corrected chi connectivity index (χ2v) is 7.01. The van der Waals surface area contributed by atoms with Crippen molar-refractivity contribution in [1.29, 1.82) is 0 Å². The van der Waals surface area contributed by atoms with Crippen LogP contribution in [0.3, 0.4) is 0 Å². The third-order valence-electron chi connectivity index (χ3n) is 5.22. The summed E-state index contributed by atoms with van der Waals surface area (Å²) in [6, 6.07) is 5.53. The van der Waals surface area contributed by atoms with Crippen molar-refractivity contribution in [3.05, 3.63) is 47.9 Å². The van der Waals surface area contributed by atoms with Gasteiger partial charge in [0.15, 0.2) is 5.82 Å². The number of aromatic amines is 1.